The zero-order valence-electron chi connectivity index (χ0n) is 13.8. The molecule has 0 fully saturated rings. The van der Waals surface area contributed by atoms with Crippen molar-refractivity contribution < 1.29 is 19.4 Å². The summed E-state index contributed by atoms with van der Waals surface area (Å²) in [4.78, 5) is 22.9. The van der Waals surface area contributed by atoms with Crippen LogP contribution in [0.4, 0.5) is 0 Å². The molecule has 0 aliphatic rings. The van der Waals surface area contributed by atoms with E-state index >= 15 is 0 Å². The SMILES string of the molecule is C=C(C)C(=O)OCCN(C)C.C=C(CCCCC)C(=O)O. The fourth-order valence-electron chi connectivity index (χ4n) is 1.14. The fraction of sp³-hybridized carbons (Fsp3) is 0.625. The van der Waals surface area contributed by atoms with Crippen LogP contribution in [0.15, 0.2) is 24.3 Å². The van der Waals surface area contributed by atoms with E-state index in [0.717, 1.165) is 25.8 Å². The highest BCUT2D eigenvalue weighted by Gasteiger charge is 2.02. The van der Waals surface area contributed by atoms with Crippen LogP contribution in [0.25, 0.3) is 0 Å². The van der Waals surface area contributed by atoms with Crippen LogP contribution in [0.3, 0.4) is 0 Å². The van der Waals surface area contributed by atoms with E-state index in [1.807, 2.05) is 19.0 Å². The maximum atomic E-state index is 10.8. The van der Waals surface area contributed by atoms with E-state index in [1.165, 1.54) is 0 Å². The topological polar surface area (TPSA) is 66.8 Å². The molecule has 0 aromatic carbocycles. The number of ether oxygens (including phenoxy) is 1. The summed E-state index contributed by atoms with van der Waals surface area (Å²) in [5.41, 5.74) is 0.775. The minimum absolute atomic E-state index is 0.313. The largest absolute Gasteiger partial charge is 0.478 e. The number of unbranched alkanes of at least 4 members (excludes halogenated alkanes) is 2. The summed E-state index contributed by atoms with van der Waals surface area (Å²) in [6.07, 6.45) is 3.78. The number of hydrogen-bond acceptors (Lipinski definition) is 4. The average Bonchev–Trinajstić information content (AvgIpc) is 2.38. The van der Waals surface area contributed by atoms with Crippen LogP contribution in [0.1, 0.15) is 39.5 Å². The molecule has 0 bridgehead atoms. The lowest BCUT2D eigenvalue weighted by Crippen LogP contribution is -2.20. The third kappa shape index (κ3) is 16.3. The Hall–Kier alpha value is -1.62. The van der Waals surface area contributed by atoms with Crippen LogP contribution in [-0.2, 0) is 14.3 Å². The summed E-state index contributed by atoms with van der Waals surface area (Å²) in [5, 5.41) is 8.38. The molecular formula is C16H29NO4. The molecule has 0 aliphatic carbocycles. The molecule has 0 saturated heterocycles. The Labute approximate surface area is 128 Å². The van der Waals surface area contributed by atoms with E-state index in [9.17, 15) is 9.59 Å². The first-order valence-corrected chi connectivity index (χ1v) is 7.10. The monoisotopic (exact) mass is 299 g/mol. The smallest absolute Gasteiger partial charge is 0.333 e. The molecule has 0 unspecified atom stereocenters. The first-order chi connectivity index (χ1) is 9.72. The van der Waals surface area contributed by atoms with Gasteiger partial charge in [0.2, 0.25) is 0 Å². The molecule has 0 aliphatic heterocycles. The summed E-state index contributed by atoms with van der Waals surface area (Å²) >= 11 is 0. The van der Waals surface area contributed by atoms with Gasteiger partial charge in [0.25, 0.3) is 0 Å². The highest BCUT2D eigenvalue weighted by molar-refractivity contribution is 5.86. The molecule has 0 heterocycles. The Kier molecular flexibility index (Phi) is 13.8. The molecule has 0 amide bonds. The molecule has 0 radical (unpaired) electrons. The molecule has 1 N–H and O–H groups in total. The fourth-order valence-corrected chi connectivity index (χ4v) is 1.14. The van der Waals surface area contributed by atoms with E-state index < -0.39 is 5.97 Å². The summed E-state index contributed by atoms with van der Waals surface area (Å²) in [6.45, 7) is 11.8. The van der Waals surface area contributed by atoms with Gasteiger partial charge >= 0.3 is 11.9 Å². The van der Waals surface area contributed by atoms with Crippen molar-refractivity contribution in [2.75, 3.05) is 27.2 Å². The minimum Gasteiger partial charge on any atom is -0.478 e. The van der Waals surface area contributed by atoms with Gasteiger partial charge in [0.05, 0.1) is 0 Å². The molecule has 122 valence electrons. The second kappa shape index (κ2) is 13.4. The zero-order chi connectivity index (χ0) is 16.8. The van der Waals surface area contributed by atoms with Crippen LogP contribution >= 0.6 is 0 Å². The van der Waals surface area contributed by atoms with E-state index in [1.54, 1.807) is 6.92 Å². The van der Waals surface area contributed by atoms with Crippen LogP contribution in [0.5, 0.6) is 0 Å². The van der Waals surface area contributed by atoms with Crippen molar-refractivity contribution in [3.8, 4) is 0 Å². The standard InChI is InChI=1S/C8H15NO2.C8H14O2/c1-7(2)8(10)11-6-5-9(3)4;1-3-4-5-6-7(2)8(9)10/h1,5-6H2,2-4H3;2-6H2,1H3,(H,9,10). The summed E-state index contributed by atoms with van der Waals surface area (Å²) in [6, 6.07) is 0. The van der Waals surface area contributed by atoms with Crippen molar-refractivity contribution in [1.82, 2.24) is 4.90 Å². The Morgan fingerprint density at radius 3 is 2.14 bits per heavy atom. The highest BCUT2D eigenvalue weighted by atomic mass is 16.5. The van der Waals surface area contributed by atoms with Crippen LogP contribution in [0, 0.1) is 0 Å². The molecule has 21 heavy (non-hydrogen) atoms. The second-order valence-electron chi connectivity index (χ2n) is 5.09. The maximum Gasteiger partial charge on any atom is 0.333 e. The van der Waals surface area contributed by atoms with E-state index in [-0.39, 0.29) is 5.97 Å². The van der Waals surface area contributed by atoms with Crippen LogP contribution < -0.4 is 0 Å². The van der Waals surface area contributed by atoms with Crippen LogP contribution in [0.2, 0.25) is 0 Å². The number of aliphatic carboxylic acids is 1. The number of carbonyl (C=O) groups is 2. The van der Waals surface area contributed by atoms with Crippen molar-refractivity contribution in [3.05, 3.63) is 24.3 Å². The van der Waals surface area contributed by atoms with Crippen molar-refractivity contribution in [2.24, 2.45) is 0 Å². The molecule has 0 rings (SSSR count). The minimum atomic E-state index is -0.865. The molecule has 0 aromatic rings. The van der Waals surface area contributed by atoms with Gasteiger partial charge in [-0.1, -0.05) is 32.9 Å². The van der Waals surface area contributed by atoms with Crippen molar-refractivity contribution in [3.63, 3.8) is 0 Å². The predicted molar refractivity (Wildman–Crippen MR) is 85.2 cm³/mol. The number of carboxylic acid groups (broad SMARTS) is 1. The predicted octanol–water partition coefficient (Wildman–Crippen LogP) is 2.87. The van der Waals surface area contributed by atoms with Crippen molar-refractivity contribution in [2.45, 2.75) is 39.5 Å². The average molecular weight is 299 g/mol. The Bertz CT molecular complexity index is 348. The molecule has 5 heteroatoms. The third-order valence-corrected chi connectivity index (χ3v) is 2.50. The number of rotatable bonds is 9. The Morgan fingerprint density at radius 1 is 1.19 bits per heavy atom. The molecule has 5 nitrogen and oxygen atoms in total. The Morgan fingerprint density at radius 2 is 1.76 bits per heavy atom. The zero-order valence-corrected chi connectivity index (χ0v) is 13.8. The molecule has 0 spiro atoms. The van der Waals surface area contributed by atoms with E-state index in [2.05, 4.69) is 20.1 Å². The number of esters is 1. The molecule has 0 saturated carbocycles. The second-order valence-corrected chi connectivity index (χ2v) is 5.09. The maximum absolute atomic E-state index is 10.8. The summed E-state index contributed by atoms with van der Waals surface area (Å²) < 4.78 is 4.83. The summed E-state index contributed by atoms with van der Waals surface area (Å²) in [5.74, 6) is -1.18. The lowest BCUT2D eigenvalue weighted by molar-refractivity contribution is -0.139. The van der Waals surface area contributed by atoms with E-state index in [4.69, 9.17) is 9.84 Å². The number of carboxylic acids is 1. The third-order valence-electron chi connectivity index (χ3n) is 2.50. The number of carbonyl (C=O) groups excluding carboxylic acids is 1. The first-order valence-electron chi connectivity index (χ1n) is 7.10. The van der Waals surface area contributed by atoms with Gasteiger partial charge in [-0.15, -0.1) is 0 Å². The lowest BCUT2D eigenvalue weighted by Gasteiger charge is -2.09. The van der Waals surface area contributed by atoms with Gasteiger partial charge in [-0.05, 0) is 33.9 Å². The quantitative estimate of drug-likeness (QED) is 0.403. The van der Waals surface area contributed by atoms with Crippen molar-refractivity contribution in [1.29, 1.82) is 0 Å². The van der Waals surface area contributed by atoms with E-state index in [0.29, 0.717) is 24.2 Å². The van der Waals surface area contributed by atoms with Gasteiger partial charge in [-0.3, -0.25) is 0 Å². The Balaban J connectivity index is 0. The molecular weight excluding hydrogens is 270 g/mol. The van der Waals surface area contributed by atoms with Gasteiger partial charge in [0.1, 0.15) is 6.61 Å². The normalized spacial score (nSPS) is 9.57. The summed E-state index contributed by atoms with van der Waals surface area (Å²) in [7, 11) is 3.85. The van der Waals surface area contributed by atoms with Gasteiger partial charge in [0.15, 0.2) is 0 Å². The highest BCUT2D eigenvalue weighted by Crippen LogP contribution is 2.06. The molecule has 0 atom stereocenters. The first kappa shape index (κ1) is 21.7. The van der Waals surface area contributed by atoms with Crippen molar-refractivity contribution >= 4 is 11.9 Å². The number of nitrogens with zero attached hydrogens (tertiary/aromatic N) is 1. The van der Waals surface area contributed by atoms with Gasteiger partial charge in [0, 0.05) is 17.7 Å². The van der Waals surface area contributed by atoms with Crippen LogP contribution in [-0.4, -0.2) is 49.2 Å². The number of hydrogen-bond donors (Lipinski definition) is 1. The number of likely N-dealkylation sites (N-methyl/N-ethyl adjacent to an activating group) is 1. The van der Waals surface area contributed by atoms with Gasteiger partial charge < -0.3 is 14.7 Å². The molecule has 0 aromatic heterocycles. The lowest BCUT2D eigenvalue weighted by atomic mass is 10.1. The van der Waals surface area contributed by atoms with Gasteiger partial charge in [-0.25, -0.2) is 9.59 Å². The van der Waals surface area contributed by atoms with Gasteiger partial charge in [-0.2, -0.15) is 0 Å².